The van der Waals surface area contributed by atoms with Crippen LogP contribution in [0.3, 0.4) is 0 Å². The topological polar surface area (TPSA) is 46.5 Å². The van der Waals surface area contributed by atoms with Crippen LogP contribution in [0.5, 0.6) is 5.75 Å². The van der Waals surface area contributed by atoms with E-state index in [4.69, 9.17) is 9.84 Å². The molecule has 2 rings (SSSR count). The number of benzene rings is 1. The molecule has 2 aromatic rings. The summed E-state index contributed by atoms with van der Waals surface area (Å²) >= 11 is 4.31. The molecule has 0 bridgehead atoms. The first-order valence-electron chi connectivity index (χ1n) is 4.95. The molecule has 1 aromatic carbocycles. The van der Waals surface area contributed by atoms with Crippen LogP contribution in [0.2, 0.25) is 0 Å². The molecular weight excluding hydrogens is 323 g/mol. The Morgan fingerprint density at radius 2 is 2.17 bits per heavy atom. The SMILES string of the molecule is O=C(O)c1ccc(COc2cc(F)cc(Br)c2)s1. The van der Waals surface area contributed by atoms with Crippen molar-refractivity contribution in [3.63, 3.8) is 0 Å². The van der Waals surface area contributed by atoms with E-state index in [1.165, 1.54) is 18.2 Å². The van der Waals surface area contributed by atoms with Gasteiger partial charge in [0.05, 0.1) is 0 Å². The molecule has 0 saturated heterocycles. The standard InChI is InChI=1S/C12H8BrFO3S/c13-7-3-8(14)5-9(4-7)17-6-10-1-2-11(18-10)12(15)16/h1-5H,6H2,(H,15,16). The first-order chi connectivity index (χ1) is 8.54. The third-order valence-electron chi connectivity index (χ3n) is 2.09. The van der Waals surface area contributed by atoms with Gasteiger partial charge in [-0.05, 0) is 24.3 Å². The van der Waals surface area contributed by atoms with Crippen molar-refractivity contribution in [1.82, 2.24) is 0 Å². The molecule has 0 unspecified atom stereocenters. The van der Waals surface area contributed by atoms with E-state index in [2.05, 4.69) is 15.9 Å². The van der Waals surface area contributed by atoms with Crippen molar-refractivity contribution in [2.45, 2.75) is 6.61 Å². The average molecular weight is 331 g/mol. The highest BCUT2D eigenvalue weighted by atomic mass is 79.9. The number of hydrogen-bond acceptors (Lipinski definition) is 3. The largest absolute Gasteiger partial charge is 0.488 e. The molecule has 0 atom stereocenters. The van der Waals surface area contributed by atoms with Crippen molar-refractivity contribution in [2.24, 2.45) is 0 Å². The summed E-state index contributed by atoms with van der Waals surface area (Å²) in [5.41, 5.74) is 0. The van der Waals surface area contributed by atoms with Crippen LogP contribution in [0.4, 0.5) is 4.39 Å². The summed E-state index contributed by atoms with van der Waals surface area (Å²) in [6.45, 7) is 0.216. The van der Waals surface area contributed by atoms with Gasteiger partial charge in [-0.25, -0.2) is 9.18 Å². The fraction of sp³-hybridized carbons (Fsp3) is 0.0833. The molecule has 1 heterocycles. The highest BCUT2D eigenvalue weighted by Crippen LogP contribution is 2.23. The Hall–Kier alpha value is -1.40. The Labute approximate surface area is 115 Å². The minimum absolute atomic E-state index is 0.216. The monoisotopic (exact) mass is 330 g/mol. The molecule has 0 amide bonds. The highest BCUT2D eigenvalue weighted by molar-refractivity contribution is 9.10. The average Bonchev–Trinajstić information content (AvgIpc) is 2.73. The maximum absolute atomic E-state index is 13.1. The molecule has 1 aromatic heterocycles. The van der Waals surface area contributed by atoms with Gasteiger partial charge in [-0.15, -0.1) is 11.3 Å². The van der Waals surface area contributed by atoms with Gasteiger partial charge in [0.1, 0.15) is 23.1 Å². The van der Waals surface area contributed by atoms with E-state index in [1.54, 1.807) is 12.1 Å². The summed E-state index contributed by atoms with van der Waals surface area (Å²) in [5.74, 6) is -0.955. The van der Waals surface area contributed by atoms with Gasteiger partial charge in [0.25, 0.3) is 0 Å². The first kappa shape index (κ1) is 13.0. The summed E-state index contributed by atoms with van der Waals surface area (Å²) in [6.07, 6.45) is 0. The predicted molar refractivity (Wildman–Crippen MR) is 69.7 cm³/mol. The van der Waals surface area contributed by atoms with Crippen LogP contribution in [-0.2, 0) is 6.61 Å². The summed E-state index contributed by atoms with van der Waals surface area (Å²) in [5, 5.41) is 8.77. The molecule has 1 N–H and O–H groups in total. The summed E-state index contributed by atoms with van der Waals surface area (Å²) in [7, 11) is 0. The maximum Gasteiger partial charge on any atom is 0.345 e. The van der Waals surface area contributed by atoms with E-state index in [0.717, 1.165) is 16.2 Å². The normalized spacial score (nSPS) is 10.3. The first-order valence-corrected chi connectivity index (χ1v) is 6.56. The quantitative estimate of drug-likeness (QED) is 0.923. The summed E-state index contributed by atoms with van der Waals surface area (Å²) in [4.78, 5) is 11.7. The Kier molecular flexibility index (Phi) is 3.98. The van der Waals surface area contributed by atoms with E-state index < -0.39 is 11.8 Å². The molecule has 0 aliphatic heterocycles. The Bertz CT molecular complexity index is 562. The fourth-order valence-corrected chi connectivity index (χ4v) is 2.54. The molecule has 94 valence electrons. The molecule has 0 saturated carbocycles. The van der Waals surface area contributed by atoms with Crippen LogP contribution in [0.1, 0.15) is 14.5 Å². The third-order valence-corrected chi connectivity index (χ3v) is 3.59. The molecular formula is C12H8BrFO3S. The zero-order valence-corrected chi connectivity index (χ0v) is 11.4. The molecule has 0 aliphatic carbocycles. The van der Waals surface area contributed by atoms with Crippen molar-refractivity contribution in [3.05, 3.63) is 50.4 Å². The number of hydrogen-bond donors (Lipinski definition) is 1. The van der Waals surface area contributed by atoms with Crippen LogP contribution >= 0.6 is 27.3 Å². The van der Waals surface area contributed by atoms with Gasteiger partial charge >= 0.3 is 5.97 Å². The van der Waals surface area contributed by atoms with Crippen LogP contribution in [0.25, 0.3) is 0 Å². The lowest BCUT2D eigenvalue weighted by Crippen LogP contribution is -1.93. The lowest BCUT2D eigenvalue weighted by atomic mass is 10.3. The second-order valence-corrected chi connectivity index (χ2v) is 5.55. The number of ether oxygens (including phenoxy) is 1. The molecule has 0 fully saturated rings. The van der Waals surface area contributed by atoms with Gasteiger partial charge in [-0.1, -0.05) is 15.9 Å². The number of thiophene rings is 1. The van der Waals surface area contributed by atoms with Gasteiger partial charge in [0.15, 0.2) is 0 Å². The predicted octanol–water partition coefficient (Wildman–Crippen LogP) is 3.93. The van der Waals surface area contributed by atoms with E-state index in [0.29, 0.717) is 10.2 Å². The van der Waals surface area contributed by atoms with Crippen molar-refractivity contribution in [2.75, 3.05) is 0 Å². The van der Waals surface area contributed by atoms with E-state index in [-0.39, 0.29) is 11.5 Å². The number of carboxylic acid groups (broad SMARTS) is 1. The van der Waals surface area contributed by atoms with E-state index >= 15 is 0 Å². The molecule has 3 nitrogen and oxygen atoms in total. The molecule has 6 heteroatoms. The van der Waals surface area contributed by atoms with Gasteiger partial charge in [0.2, 0.25) is 0 Å². The maximum atomic E-state index is 13.1. The second-order valence-electron chi connectivity index (χ2n) is 3.46. The van der Waals surface area contributed by atoms with E-state index in [9.17, 15) is 9.18 Å². The number of carboxylic acids is 1. The van der Waals surface area contributed by atoms with Gasteiger partial charge < -0.3 is 9.84 Å². The third kappa shape index (κ3) is 3.30. The lowest BCUT2D eigenvalue weighted by Gasteiger charge is -2.05. The molecule has 0 aliphatic rings. The van der Waals surface area contributed by atoms with Crippen LogP contribution < -0.4 is 4.74 Å². The van der Waals surface area contributed by atoms with Crippen LogP contribution in [0.15, 0.2) is 34.8 Å². The fourth-order valence-electron chi connectivity index (χ4n) is 1.34. The van der Waals surface area contributed by atoms with Gasteiger partial charge in [0, 0.05) is 15.4 Å². The van der Waals surface area contributed by atoms with Gasteiger partial charge in [-0.3, -0.25) is 0 Å². The van der Waals surface area contributed by atoms with Crippen LogP contribution in [-0.4, -0.2) is 11.1 Å². The number of aromatic carboxylic acids is 1. The molecule has 0 spiro atoms. The minimum atomic E-state index is -0.959. The summed E-state index contributed by atoms with van der Waals surface area (Å²) in [6, 6.07) is 7.46. The molecule has 18 heavy (non-hydrogen) atoms. The molecule has 0 radical (unpaired) electrons. The highest BCUT2D eigenvalue weighted by Gasteiger charge is 2.07. The zero-order chi connectivity index (χ0) is 13.1. The van der Waals surface area contributed by atoms with Crippen molar-refractivity contribution >= 4 is 33.2 Å². The number of carbonyl (C=O) groups is 1. The Balaban J connectivity index is 2.04. The van der Waals surface area contributed by atoms with Crippen molar-refractivity contribution in [1.29, 1.82) is 0 Å². The van der Waals surface area contributed by atoms with Crippen LogP contribution in [0, 0.1) is 5.82 Å². The lowest BCUT2D eigenvalue weighted by molar-refractivity contribution is 0.0702. The Morgan fingerprint density at radius 1 is 1.39 bits per heavy atom. The van der Waals surface area contributed by atoms with E-state index in [1.807, 2.05) is 0 Å². The zero-order valence-electron chi connectivity index (χ0n) is 9.02. The minimum Gasteiger partial charge on any atom is -0.488 e. The smallest absolute Gasteiger partial charge is 0.345 e. The number of rotatable bonds is 4. The Morgan fingerprint density at radius 3 is 2.78 bits per heavy atom. The van der Waals surface area contributed by atoms with Gasteiger partial charge in [-0.2, -0.15) is 0 Å². The second kappa shape index (κ2) is 5.49. The van der Waals surface area contributed by atoms with Crippen molar-refractivity contribution < 1.29 is 19.0 Å². The number of halogens is 2. The summed E-state index contributed by atoms with van der Waals surface area (Å²) < 4.78 is 19.1. The van der Waals surface area contributed by atoms with Crippen molar-refractivity contribution in [3.8, 4) is 5.75 Å².